The molecule has 106 valence electrons. The number of hydrogen-bond acceptors (Lipinski definition) is 5. The van der Waals surface area contributed by atoms with Crippen LogP contribution in [0.25, 0.3) is 0 Å². The van der Waals surface area contributed by atoms with Gasteiger partial charge in [0.05, 0.1) is 0 Å². The quantitative estimate of drug-likeness (QED) is 0.395. The molecule has 18 heavy (non-hydrogen) atoms. The topological polar surface area (TPSA) is 96.7 Å². The van der Waals surface area contributed by atoms with Crippen molar-refractivity contribution in [2.75, 3.05) is 32.7 Å². The lowest BCUT2D eigenvalue weighted by Crippen LogP contribution is -2.36. The van der Waals surface area contributed by atoms with Crippen LogP contribution in [0.4, 0.5) is 4.79 Å². The number of nitrogens with zero attached hydrogens (tertiary/aromatic N) is 1. The standard InChI is InChI=1S/C11H24N4O3/c1-3-15(4-2)11(17)18-14-9-6-10(16)13-8-5-7-12/h14H,3-9,12H2,1-2H3,(H,13,16). The van der Waals surface area contributed by atoms with E-state index in [1.807, 2.05) is 13.8 Å². The van der Waals surface area contributed by atoms with Crippen LogP contribution in [0.3, 0.4) is 0 Å². The summed E-state index contributed by atoms with van der Waals surface area (Å²) in [6, 6.07) is 0. The predicted octanol–water partition coefficient (Wildman–Crippen LogP) is -0.175. The highest BCUT2D eigenvalue weighted by molar-refractivity contribution is 5.76. The van der Waals surface area contributed by atoms with Crippen molar-refractivity contribution in [3.05, 3.63) is 0 Å². The van der Waals surface area contributed by atoms with Crippen LogP contribution >= 0.6 is 0 Å². The lowest BCUT2D eigenvalue weighted by molar-refractivity contribution is -0.121. The van der Waals surface area contributed by atoms with Crippen LogP contribution in [0, 0.1) is 0 Å². The first-order chi connectivity index (χ1) is 8.65. The van der Waals surface area contributed by atoms with E-state index in [1.54, 1.807) is 0 Å². The molecule has 0 saturated carbocycles. The van der Waals surface area contributed by atoms with Crippen molar-refractivity contribution in [1.29, 1.82) is 0 Å². The number of carbonyl (C=O) groups is 2. The highest BCUT2D eigenvalue weighted by Crippen LogP contribution is 1.91. The molecule has 4 N–H and O–H groups in total. The van der Waals surface area contributed by atoms with Gasteiger partial charge < -0.3 is 20.8 Å². The monoisotopic (exact) mass is 260 g/mol. The van der Waals surface area contributed by atoms with E-state index in [9.17, 15) is 9.59 Å². The maximum Gasteiger partial charge on any atom is 0.428 e. The van der Waals surface area contributed by atoms with Gasteiger partial charge in [-0.3, -0.25) is 4.79 Å². The van der Waals surface area contributed by atoms with Crippen LogP contribution < -0.4 is 16.5 Å². The van der Waals surface area contributed by atoms with E-state index in [1.165, 1.54) is 4.90 Å². The largest absolute Gasteiger partial charge is 0.428 e. The van der Waals surface area contributed by atoms with E-state index in [-0.39, 0.29) is 12.3 Å². The third-order valence-electron chi connectivity index (χ3n) is 2.34. The van der Waals surface area contributed by atoms with Crippen LogP contribution in [0.15, 0.2) is 0 Å². The lowest BCUT2D eigenvalue weighted by atomic mass is 10.3. The number of amides is 2. The molecule has 0 spiro atoms. The van der Waals surface area contributed by atoms with Gasteiger partial charge in [-0.25, -0.2) is 4.79 Å². The minimum absolute atomic E-state index is 0.0881. The highest BCUT2D eigenvalue weighted by atomic mass is 16.7. The highest BCUT2D eigenvalue weighted by Gasteiger charge is 2.10. The first-order valence-electron chi connectivity index (χ1n) is 6.31. The van der Waals surface area contributed by atoms with Crippen molar-refractivity contribution in [3.63, 3.8) is 0 Å². The molecule has 0 unspecified atom stereocenters. The molecule has 0 radical (unpaired) electrons. The summed E-state index contributed by atoms with van der Waals surface area (Å²) in [5, 5.41) is 2.71. The van der Waals surface area contributed by atoms with Crippen LogP contribution in [0.5, 0.6) is 0 Å². The summed E-state index contributed by atoms with van der Waals surface area (Å²) >= 11 is 0. The Morgan fingerprint density at radius 3 is 2.44 bits per heavy atom. The van der Waals surface area contributed by atoms with E-state index >= 15 is 0 Å². The average Bonchev–Trinajstić information content (AvgIpc) is 2.36. The van der Waals surface area contributed by atoms with E-state index in [4.69, 9.17) is 10.6 Å². The minimum atomic E-state index is -0.427. The van der Waals surface area contributed by atoms with E-state index in [2.05, 4.69) is 10.8 Å². The first kappa shape index (κ1) is 16.7. The van der Waals surface area contributed by atoms with Gasteiger partial charge in [0.2, 0.25) is 5.91 Å². The molecular weight excluding hydrogens is 236 g/mol. The molecule has 0 rings (SSSR count). The zero-order chi connectivity index (χ0) is 13.8. The Labute approximate surface area is 108 Å². The fourth-order valence-corrected chi connectivity index (χ4v) is 1.24. The minimum Gasteiger partial charge on any atom is -0.356 e. The van der Waals surface area contributed by atoms with Gasteiger partial charge in [0, 0.05) is 32.6 Å². The van der Waals surface area contributed by atoms with Gasteiger partial charge in [0.25, 0.3) is 0 Å². The summed E-state index contributed by atoms with van der Waals surface area (Å²) < 4.78 is 0. The van der Waals surface area contributed by atoms with Crippen molar-refractivity contribution in [1.82, 2.24) is 15.7 Å². The normalized spacial score (nSPS) is 9.94. The van der Waals surface area contributed by atoms with Gasteiger partial charge in [-0.1, -0.05) is 0 Å². The van der Waals surface area contributed by atoms with E-state index < -0.39 is 6.09 Å². The Morgan fingerprint density at radius 1 is 1.22 bits per heavy atom. The summed E-state index contributed by atoms with van der Waals surface area (Å²) in [7, 11) is 0. The van der Waals surface area contributed by atoms with Crippen molar-refractivity contribution in [3.8, 4) is 0 Å². The fraction of sp³-hybridized carbons (Fsp3) is 0.818. The summed E-state index contributed by atoms with van der Waals surface area (Å²) in [5.74, 6) is -0.0881. The van der Waals surface area contributed by atoms with E-state index in [0.717, 1.165) is 6.42 Å². The first-order valence-corrected chi connectivity index (χ1v) is 6.31. The molecule has 0 atom stereocenters. The Hall–Kier alpha value is -1.34. The summed E-state index contributed by atoms with van der Waals surface area (Å²) in [5.41, 5.74) is 7.78. The van der Waals surface area contributed by atoms with Crippen molar-refractivity contribution in [2.45, 2.75) is 26.7 Å². The maximum absolute atomic E-state index is 11.4. The molecule has 7 nitrogen and oxygen atoms in total. The lowest BCUT2D eigenvalue weighted by Gasteiger charge is -2.17. The number of nitrogens with one attached hydrogen (secondary N) is 2. The molecule has 2 amide bonds. The Balaban J connectivity index is 3.54. The van der Waals surface area contributed by atoms with Crippen molar-refractivity contribution >= 4 is 12.0 Å². The molecule has 7 heteroatoms. The zero-order valence-electron chi connectivity index (χ0n) is 11.2. The van der Waals surface area contributed by atoms with Gasteiger partial charge in [-0.15, -0.1) is 0 Å². The fourth-order valence-electron chi connectivity index (χ4n) is 1.24. The molecule has 0 aromatic heterocycles. The molecule has 0 aliphatic heterocycles. The van der Waals surface area contributed by atoms with Crippen molar-refractivity contribution < 1.29 is 14.4 Å². The van der Waals surface area contributed by atoms with Gasteiger partial charge in [0.1, 0.15) is 0 Å². The average molecular weight is 260 g/mol. The Morgan fingerprint density at radius 2 is 1.89 bits per heavy atom. The second-order valence-electron chi connectivity index (χ2n) is 3.68. The van der Waals surface area contributed by atoms with Crippen LogP contribution in [0.1, 0.15) is 26.7 Å². The molecule has 0 aromatic carbocycles. The van der Waals surface area contributed by atoms with Crippen molar-refractivity contribution in [2.24, 2.45) is 5.73 Å². The van der Waals surface area contributed by atoms with Gasteiger partial charge in [-0.05, 0) is 26.8 Å². The maximum atomic E-state index is 11.4. The molecule has 0 bridgehead atoms. The summed E-state index contributed by atoms with van der Waals surface area (Å²) in [4.78, 5) is 29.0. The predicted molar refractivity (Wildman–Crippen MR) is 68.7 cm³/mol. The number of rotatable bonds is 9. The number of hydrogen-bond donors (Lipinski definition) is 3. The van der Waals surface area contributed by atoms with E-state index in [0.29, 0.717) is 32.7 Å². The molecule has 0 heterocycles. The summed E-state index contributed by atoms with van der Waals surface area (Å²) in [6.07, 6.45) is 0.593. The molecule has 0 fully saturated rings. The SMILES string of the molecule is CCN(CC)C(=O)ONCCC(=O)NCCCN. The van der Waals surface area contributed by atoms with Gasteiger partial charge in [0.15, 0.2) is 0 Å². The third-order valence-corrected chi connectivity index (χ3v) is 2.34. The number of carbonyl (C=O) groups excluding carboxylic acids is 2. The number of nitrogens with two attached hydrogens (primary N) is 1. The Kier molecular flexibility index (Phi) is 9.99. The molecule has 0 aliphatic rings. The molecule has 0 saturated heterocycles. The van der Waals surface area contributed by atoms with Gasteiger partial charge in [-0.2, -0.15) is 5.48 Å². The molecular formula is C11H24N4O3. The van der Waals surface area contributed by atoms with Crippen LogP contribution in [0.2, 0.25) is 0 Å². The van der Waals surface area contributed by atoms with Crippen LogP contribution in [-0.4, -0.2) is 49.6 Å². The molecule has 0 aliphatic carbocycles. The van der Waals surface area contributed by atoms with Crippen LogP contribution in [-0.2, 0) is 9.63 Å². The second-order valence-corrected chi connectivity index (χ2v) is 3.68. The zero-order valence-corrected chi connectivity index (χ0v) is 11.2. The number of hydroxylamine groups is 1. The van der Waals surface area contributed by atoms with Gasteiger partial charge >= 0.3 is 6.09 Å². The molecule has 0 aromatic rings. The Bertz CT molecular complexity index is 244. The second kappa shape index (κ2) is 10.8. The summed E-state index contributed by atoms with van der Waals surface area (Å²) in [6.45, 7) is 6.36. The third kappa shape index (κ3) is 7.86. The smallest absolute Gasteiger partial charge is 0.356 e.